The largest absolute Gasteiger partial charge is 0.352 e. The molecule has 37 heavy (non-hydrogen) atoms. The van der Waals surface area contributed by atoms with E-state index in [1.165, 1.54) is 4.52 Å². The first-order chi connectivity index (χ1) is 17.2. The van der Waals surface area contributed by atoms with Crippen LogP contribution in [0.4, 0.5) is 0 Å². The number of fused-ring (bicyclic) bond motifs is 1. The zero-order valence-corrected chi connectivity index (χ0v) is 23.0. The third kappa shape index (κ3) is 5.71. The van der Waals surface area contributed by atoms with Crippen molar-refractivity contribution in [2.75, 3.05) is 13.1 Å². The van der Waals surface area contributed by atoms with Gasteiger partial charge < -0.3 is 10.6 Å². The number of hydrogen-bond acceptors (Lipinski definition) is 5. The molecular weight excluding hydrogens is 511 g/mol. The Morgan fingerprint density at radius 1 is 1.08 bits per heavy atom. The third-order valence-electron chi connectivity index (χ3n) is 6.22. The summed E-state index contributed by atoms with van der Waals surface area (Å²) in [6.45, 7) is 8.55. The SMILES string of the molecule is Cc1ccc(C(=O)N(CCN)C(c2nc3c(Cl)c(C)nn3c(=O)n2Cc2ccccc2)C(C)C)cc1.Cl. The van der Waals surface area contributed by atoms with Crippen molar-refractivity contribution in [1.29, 1.82) is 0 Å². The Balaban J connectivity index is 0.00000380. The molecule has 1 amide bonds. The Morgan fingerprint density at radius 3 is 2.32 bits per heavy atom. The van der Waals surface area contributed by atoms with E-state index < -0.39 is 6.04 Å². The Hall–Kier alpha value is -3.20. The number of carbonyl (C=O) groups excluding carboxylic acids is 1. The van der Waals surface area contributed by atoms with Crippen LogP contribution in [0.5, 0.6) is 0 Å². The molecule has 2 aromatic heterocycles. The third-order valence-corrected chi connectivity index (χ3v) is 6.66. The van der Waals surface area contributed by atoms with Crippen molar-refractivity contribution in [3.05, 3.63) is 98.3 Å². The number of nitrogens with two attached hydrogens (primary N) is 1. The van der Waals surface area contributed by atoms with Crippen molar-refractivity contribution in [2.24, 2.45) is 11.7 Å². The quantitative estimate of drug-likeness (QED) is 0.355. The highest BCUT2D eigenvalue weighted by Crippen LogP contribution is 2.30. The molecule has 0 bridgehead atoms. The molecule has 0 radical (unpaired) electrons. The van der Waals surface area contributed by atoms with Crippen molar-refractivity contribution in [3.8, 4) is 0 Å². The molecule has 1 atom stereocenters. The van der Waals surface area contributed by atoms with Gasteiger partial charge >= 0.3 is 5.69 Å². The van der Waals surface area contributed by atoms with Crippen molar-refractivity contribution >= 4 is 35.6 Å². The second kappa shape index (κ2) is 11.9. The topological polar surface area (TPSA) is 98.5 Å². The van der Waals surface area contributed by atoms with Crippen LogP contribution in [0.15, 0.2) is 59.4 Å². The molecule has 2 heterocycles. The van der Waals surface area contributed by atoms with Crippen LogP contribution in [0.1, 0.15) is 52.9 Å². The second-order valence-electron chi connectivity index (χ2n) is 9.30. The second-order valence-corrected chi connectivity index (χ2v) is 9.68. The van der Waals surface area contributed by atoms with Crippen LogP contribution >= 0.6 is 24.0 Å². The Labute approximate surface area is 227 Å². The average Bonchev–Trinajstić information content (AvgIpc) is 3.15. The molecule has 0 saturated heterocycles. The van der Waals surface area contributed by atoms with Gasteiger partial charge in [-0.25, -0.2) is 9.78 Å². The van der Waals surface area contributed by atoms with Crippen molar-refractivity contribution in [3.63, 3.8) is 0 Å². The van der Waals surface area contributed by atoms with E-state index in [1.54, 1.807) is 16.4 Å². The molecule has 2 aromatic carbocycles. The van der Waals surface area contributed by atoms with E-state index in [0.29, 0.717) is 28.6 Å². The van der Waals surface area contributed by atoms with Crippen LogP contribution in [0.3, 0.4) is 0 Å². The van der Waals surface area contributed by atoms with Gasteiger partial charge in [-0.3, -0.25) is 9.36 Å². The van der Waals surface area contributed by atoms with Crippen LogP contribution in [0.25, 0.3) is 5.65 Å². The van der Waals surface area contributed by atoms with Gasteiger partial charge in [-0.2, -0.15) is 9.61 Å². The number of benzene rings is 2. The van der Waals surface area contributed by atoms with Crippen molar-refractivity contribution < 1.29 is 4.79 Å². The summed E-state index contributed by atoms with van der Waals surface area (Å²) in [6, 6.07) is 16.5. The lowest BCUT2D eigenvalue weighted by Gasteiger charge is -2.35. The first-order valence-corrected chi connectivity index (χ1v) is 12.4. The van der Waals surface area contributed by atoms with E-state index >= 15 is 0 Å². The van der Waals surface area contributed by atoms with Gasteiger partial charge in [-0.05, 0) is 37.5 Å². The van der Waals surface area contributed by atoms with E-state index in [0.717, 1.165) is 11.1 Å². The maximum Gasteiger partial charge on any atom is 0.352 e. The van der Waals surface area contributed by atoms with Crippen LogP contribution in [0.2, 0.25) is 5.02 Å². The summed E-state index contributed by atoms with van der Waals surface area (Å²) < 4.78 is 2.82. The summed E-state index contributed by atoms with van der Waals surface area (Å²) >= 11 is 6.50. The Bertz CT molecular complexity index is 1430. The highest BCUT2D eigenvalue weighted by molar-refractivity contribution is 6.34. The van der Waals surface area contributed by atoms with Gasteiger partial charge in [0.15, 0.2) is 5.65 Å². The predicted octanol–water partition coefficient (Wildman–Crippen LogP) is 4.43. The number of halogens is 2. The summed E-state index contributed by atoms with van der Waals surface area (Å²) in [5.41, 5.74) is 8.94. The van der Waals surface area contributed by atoms with Crippen molar-refractivity contribution in [2.45, 2.75) is 40.3 Å². The lowest BCUT2D eigenvalue weighted by Crippen LogP contribution is -2.44. The molecule has 1 unspecified atom stereocenters. The summed E-state index contributed by atoms with van der Waals surface area (Å²) in [7, 11) is 0. The van der Waals surface area contributed by atoms with E-state index in [1.807, 2.05) is 75.4 Å². The first-order valence-electron chi connectivity index (χ1n) is 12.0. The number of nitrogens with zero attached hydrogens (tertiary/aromatic N) is 5. The molecule has 196 valence electrons. The van der Waals surface area contributed by atoms with Crippen LogP contribution < -0.4 is 11.4 Å². The summed E-state index contributed by atoms with van der Waals surface area (Å²) in [4.78, 5) is 34.1. The molecule has 0 saturated carbocycles. The number of carbonyl (C=O) groups is 1. The number of hydrogen-bond donors (Lipinski definition) is 1. The van der Waals surface area contributed by atoms with Gasteiger partial charge in [-0.15, -0.1) is 12.4 Å². The van der Waals surface area contributed by atoms with E-state index in [4.69, 9.17) is 22.3 Å². The van der Waals surface area contributed by atoms with Crippen molar-refractivity contribution in [1.82, 2.24) is 24.1 Å². The van der Waals surface area contributed by atoms with Gasteiger partial charge in [0, 0.05) is 18.7 Å². The van der Waals surface area contributed by atoms with Gasteiger partial charge in [0.25, 0.3) is 5.91 Å². The highest BCUT2D eigenvalue weighted by atomic mass is 35.5. The molecule has 0 spiro atoms. The monoisotopic (exact) mass is 542 g/mol. The number of aryl methyl sites for hydroxylation is 2. The fourth-order valence-corrected chi connectivity index (χ4v) is 4.57. The number of aromatic nitrogens is 4. The molecule has 0 aliphatic heterocycles. The number of rotatable bonds is 8. The molecule has 10 heteroatoms. The van der Waals surface area contributed by atoms with E-state index in [9.17, 15) is 9.59 Å². The van der Waals surface area contributed by atoms with Gasteiger partial charge in [0.1, 0.15) is 10.8 Å². The summed E-state index contributed by atoms with van der Waals surface area (Å²) in [6.07, 6.45) is 0. The standard InChI is InChI=1S/C27H31ClN6O2.ClH/c1-17(2)23(32(15-14-29)26(35)21-12-10-18(3)11-13-21)25-30-24-22(28)19(4)31-34(24)27(36)33(25)16-20-8-6-5-7-9-20;/h5-13,17,23H,14-16,29H2,1-4H3;1H. The van der Waals surface area contributed by atoms with Crippen LogP contribution in [0, 0.1) is 19.8 Å². The maximum atomic E-state index is 13.8. The summed E-state index contributed by atoms with van der Waals surface area (Å²) in [5.74, 6) is 0.197. The van der Waals surface area contributed by atoms with E-state index in [2.05, 4.69) is 5.10 Å². The first kappa shape index (κ1) is 28.4. The van der Waals surface area contributed by atoms with Gasteiger partial charge in [-0.1, -0.05) is 73.5 Å². The van der Waals surface area contributed by atoms with Gasteiger partial charge in [0.05, 0.1) is 18.3 Å². The molecule has 0 aliphatic carbocycles. The maximum absolute atomic E-state index is 13.8. The van der Waals surface area contributed by atoms with E-state index in [-0.39, 0.29) is 48.7 Å². The molecule has 4 aromatic rings. The Morgan fingerprint density at radius 2 is 1.73 bits per heavy atom. The molecule has 4 rings (SSSR count). The lowest BCUT2D eigenvalue weighted by molar-refractivity contribution is 0.0611. The highest BCUT2D eigenvalue weighted by Gasteiger charge is 2.33. The average molecular weight is 543 g/mol. The minimum atomic E-state index is -0.532. The number of amides is 1. The smallest absolute Gasteiger partial charge is 0.329 e. The zero-order chi connectivity index (χ0) is 26.0. The molecule has 0 fully saturated rings. The molecular formula is C27H32Cl2N6O2. The fraction of sp³-hybridized carbons (Fsp3) is 0.333. The lowest BCUT2D eigenvalue weighted by atomic mass is 9.99. The van der Waals surface area contributed by atoms with Crippen LogP contribution in [-0.2, 0) is 6.54 Å². The Kier molecular flexibility index (Phi) is 9.12. The molecule has 2 N–H and O–H groups in total. The fourth-order valence-electron chi connectivity index (χ4n) is 4.41. The van der Waals surface area contributed by atoms with Gasteiger partial charge in [0.2, 0.25) is 0 Å². The minimum absolute atomic E-state index is 0. The zero-order valence-electron chi connectivity index (χ0n) is 21.4. The normalized spacial score (nSPS) is 12.0. The summed E-state index contributed by atoms with van der Waals surface area (Å²) in [5, 5.41) is 4.64. The van der Waals surface area contributed by atoms with Crippen LogP contribution in [-0.4, -0.2) is 43.1 Å². The molecule has 0 aliphatic rings. The minimum Gasteiger partial charge on any atom is -0.329 e. The molecule has 8 nitrogen and oxygen atoms in total. The predicted molar refractivity (Wildman–Crippen MR) is 149 cm³/mol.